The van der Waals surface area contributed by atoms with Crippen LogP contribution in [0, 0.1) is 13.8 Å². The van der Waals surface area contributed by atoms with E-state index >= 15 is 0 Å². The Bertz CT molecular complexity index is 892. The molecule has 0 fully saturated rings. The third-order valence-corrected chi connectivity index (χ3v) is 5.16. The lowest BCUT2D eigenvalue weighted by atomic mass is 10.1. The van der Waals surface area contributed by atoms with Gasteiger partial charge in [0.25, 0.3) is 0 Å². The van der Waals surface area contributed by atoms with Crippen molar-refractivity contribution in [1.82, 2.24) is 19.7 Å². The van der Waals surface area contributed by atoms with Crippen molar-refractivity contribution in [2.75, 3.05) is 0 Å². The molecule has 24 heavy (non-hydrogen) atoms. The highest BCUT2D eigenvalue weighted by Crippen LogP contribution is 2.29. The molecule has 0 saturated carbocycles. The number of hydrogen-bond acceptors (Lipinski definition) is 4. The van der Waals surface area contributed by atoms with Gasteiger partial charge in [-0.3, -0.25) is 9.48 Å². The molecular formula is C17H19ClN4OS. The van der Waals surface area contributed by atoms with Gasteiger partial charge in [-0.05, 0) is 33.3 Å². The van der Waals surface area contributed by atoms with Crippen molar-refractivity contribution in [3.8, 4) is 11.4 Å². The maximum absolute atomic E-state index is 11.8. The normalized spacial score (nSPS) is 12.5. The second-order valence-electron chi connectivity index (χ2n) is 6.00. The van der Waals surface area contributed by atoms with Crippen LogP contribution in [0.4, 0.5) is 0 Å². The van der Waals surface area contributed by atoms with Crippen LogP contribution < -0.4 is 0 Å². The molecule has 0 aliphatic heterocycles. The summed E-state index contributed by atoms with van der Waals surface area (Å²) >= 11 is 7.54. The van der Waals surface area contributed by atoms with Gasteiger partial charge in [0, 0.05) is 29.3 Å². The minimum atomic E-state index is 0.0761. The lowest BCUT2D eigenvalue weighted by Crippen LogP contribution is -2.08. The molecule has 1 atom stereocenters. The zero-order chi connectivity index (χ0) is 17.4. The number of hydrogen-bond donors (Lipinski definition) is 1. The molecule has 0 spiro atoms. The van der Waals surface area contributed by atoms with Gasteiger partial charge in [0.05, 0.1) is 33.7 Å². The van der Waals surface area contributed by atoms with Gasteiger partial charge < -0.3 is 4.98 Å². The van der Waals surface area contributed by atoms with Gasteiger partial charge in [0.1, 0.15) is 0 Å². The van der Waals surface area contributed by atoms with E-state index in [1.54, 1.807) is 24.5 Å². The Morgan fingerprint density at radius 2 is 2.21 bits per heavy atom. The first-order valence-corrected chi connectivity index (χ1v) is 8.97. The zero-order valence-electron chi connectivity index (χ0n) is 14.1. The van der Waals surface area contributed by atoms with E-state index in [4.69, 9.17) is 16.6 Å². The average molecular weight is 363 g/mol. The van der Waals surface area contributed by atoms with Crippen LogP contribution >= 0.6 is 22.9 Å². The van der Waals surface area contributed by atoms with Crippen LogP contribution in [-0.4, -0.2) is 25.5 Å². The third kappa shape index (κ3) is 3.16. The van der Waals surface area contributed by atoms with Crippen molar-refractivity contribution < 1.29 is 4.79 Å². The first kappa shape index (κ1) is 16.9. The van der Waals surface area contributed by atoms with Crippen LogP contribution in [0.15, 0.2) is 17.8 Å². The standard InChI is InChI=1S/C17H19ClN4OS/c1-9(22-7-13(18)6-19-22)5-15-21-14(8-24-15)17-10(2)16(12(4)23)11(3)20-17/h6-9,20H,5H2,1-4H3. The predicted octanol–water partition coefficient (Wildman–Crippen LogP) is 4.61. The van der Waals surface area contributed by atoms with Gasteiger partial charge in [0.15, 0.2) is 5.78 Å². The molecule has 0 amide bonds. The Hall–Kier alpha value is -1.92. The summed E-state index contributed by atoms with van der Waals surface area (Å²) < 4.78 is 1.85. The highest BCUT2D eigenvalue weighted by Gasteiger charge is 2.18. The molecule has 3 aromatic rings. The van der Waals surface area contributed by atoms with E-state index in [0.717, 1.165) is 39.6 Å². The number of halogens is 1. The molecule has 0 aliphatic rings. The molecule has 3 heterocycles. The highest BCUT2D eigenvalue weighted by molar-refractivity contribution is 7.09. The number of carbonyl (C=O) groups excluding carboxylic acids is 1. The van der Waals surface area contributed by atoms with Gasteiger partial charge in [0.2, 0.25) is 0 Å². The SMILES string of the molecule is CC(=O)c1c(C)[nH]c(-c2csc(CC(C)n3cc(Cl)cn3)n2)c1C. The van der Waals surface area contributed by atoms with Crippen LogP contribution in [0.1, 0.15) is 46.5 Å². The first-order valence-electron chi connectivity index (χ1n) is 7.71. The summed E-state index contributed by atoms with van der Waals surface area (Å²) in [5.74, 6) is 0.0761. The van der Waals surface area contributed by atoms with E-state index in [9.17, 15) is 4.79 Å². The minimum absolute atomic E-state index is 0.0761. The summed E-state index contributed by atoms with van der Waals surface area (Å²) in [6.07, 6.45) is 4.24. The number of Topliss-reactive ketones (excluding diaryl/α,β-unsaturated/α-hetero) is 1. The maximum atomic E-state index is 11.8. The number of aromatic amines is 1. The number of nitrogens with zero attached hydrogens (tertiary/aromatic N) is 3. The summed E-state index contributed by atoms with van der Waals surface area (Å²) in [4.78, 5) is 19.8. The monoisotopic (exact) mass is 362 g/mol. The Morgan fingerprint density at radius 1 is 1.46 bits per heavy atom. The molecule has 0 bridgehead atoms. The van der Waals surface area contributed by atoms with E-state index in [1.165, 1.54) is 0 Å². The largest absolute Gasteiger partial charge is 0.356 e. The Balaban J connectivity index is 1.83. The topological polar surface area (TPSA) is 63.6 Å². The van der Waals surface area contributed by atoms with Gasteiger partial charge in [-0.25, -0.2) is 4.98 Å². The van der Waals surface area contributed by atoms with Crippen LogP contribution in [0.25, 0.3) is 11.4 Å². The lowest BCUT2D eigenvalue weighted by molar-refractivity contribution is 0.101. The van der Waals surface area contributed by atoms with Crippen molar-refractivity contribution in [3.05, 3.63) is 44.6 Å². The summed E-state index contributed by atoms with van der Waals surface area (Å²) in [5, 5.41) is 7.93. The number of H-pyrrole nitrogens is 1. The van der Waals surface area contributed by atoms with Crippen molar-refractivity contribution in [2.45, 2.75) is 40.2 Å². The highest BCUT2D eigenvalue weighted by atomic mass is 35.5. The van der Waals surface area contributed by atoms with E-state index in [2.05, 4.69) is 17.0 Å². The molecule has 126 valence electrons. The Labute approximate surface area is 149 Å². The number of aryl methyl sites for hydroxylation is 1. The van der Waals surface area contributed by atoms with E-state index in [-0.39, 0.29) is 11.8 Å². The van der Waals surface area contributed by atoms with Crippen LogP contribution in [-0.2, 0) is 6.42 Å². The van der Waals surface area contributed by atoms with E-state index < -0.39 is 0 Å². The number of nitrogens with one attached hydrogen (secondary N) is 1. The summed E-state index contributed by atoms with van der Waals surface area (Å²) in [6, 6.07) is 0.177. The summed E-state index contributed by atoms with van der Waals surface area (Å²) in [5.41, 5.74) is 4.43. The van der Waals surface area contributed by atoms with Gasteiger partial charge >= 0.3 is 0 Å². The number of ketones is 1. The van der Waals surface area contributed by atoms with E-state index in [0.29, 0.717) is 5.02 Å². The van der Waals surface area contributed by atoms with Crippen LogP contribution in [0.3, 0.4) is 0 Å². The summed E-state index contributed by atoms with van der Waals surface area (Å²) in [6.45, 7) is 7.56. The average Bonchev–Trinajstić information content (AvgIpc) is 3.19. The zero-order valence-corrected chi connectivity index (χ0v) is 15.6. The molecule has 1 unspecified atom stereocenters. The molecule has 0 aliphatic carbocycles. The summed E-state index contributed by atoms with van der Waals surface area (Å²) in [7, 11) is 0. The van der Waals surface area contributed by atoms with Gasteiger partial charge in [-0.15, -0.1) is 11.3 Å². The smallest absolute Gasteiger partial charge is 0.161 e. The third-order valence-electron chi connectivity index (χ3n) is 4.09. The fourth-order valence-corrected chi connectivity index (χ4v) is 4.01. The Kier molecular flexibility index (Phi) is 4.60. The molecule has 0 radical (unpaired) electrons. The molecule has 5 nitrogen and oxygen atoms in total. The van der Waals surface area contributed by atoms with Crippen LogP contribution in [0.2, 0.25) is 5.02 Å². The second-order valence-corrected chi connectivity index (χ2v) is 7.38. The predicted molar refractivity (Wildman–Crippen MR) is 97.0 cm³/mol. The van der Waals surface area contributed by atoms with Gasteiger partial charge in [-0.2, -0.15) is 5.10 Å². The lowest BCUT2D eigenvalue weighted by Gasteiger charge is -2.09. The van der Waals surface area contributed by atoms with Crippen LogP contribution in [0.5, 0.6) is 0 Å². The minimum Gasteiger partial charge on any atom is -0.356 e. The van der Waals surface area contributed by atoms with Crippen molar-refractivity contribution in [3.63, 3.8) is 0 Å². The van der Waals surface area contributed by atoms with E-state index in [1.807, 2.05) is 30.1 Å². The van der Waals surface area contributed by atoms with Gasteiger partial charge in [-0.1, -0.05) is 11.6 Å². The quantitative estimate of drug-likeness (QED) is 0.674. The molecule has 7 heteroatoms. The number of thiazole rings is 1. The number of carbonyl (C=O) groups is 1. The van der Waals surface area contributed by atoms with Crippen molar-refractivity contribution >= 4 is 28.7 Å². The molecule has 1 N–H and O–H groups in total. The Morgan fingerprint density at radius 3 is 2.79 bits per heavy atom. The first-order chi connectivity index (χ1) is 11.4. The van der Waals surface area contributed by atoms with Crippen molar-refractivity contribution in [1.29, 1.82) is 0 Å². The fourth-order valence-electron chi connectivity index (χ4n) is 2.96. The fraction of sp³-hybridized carbons (Fsp3) is 0.353. The molecular weight excluding hydrogens is 344 g/mol. The molecule has 0 aromatic carbocycles. The number of aromatic nitrogens is 4. The molecule has 3 rings (SSSR count). The number of rotatable bonds is 5. The second kappa shape index (κ2) is 6.53. The van der Waals surface area contributed by atoms with Crippen molar-refractivity contribution in [2.24, 2.45) is 0 Å². The molecule has 3 aromatic heterocycles. The maximum Gasteiger partial charge on any atom is 0.161 e. The molecule has 0 saturated heterocycles.